The molecule has 0 saturated carbocycles. The Kier molecular flexibility index (Phi) is 2.65. The summed E-state index contributed by atoms with van der Waals surface area (Å²) in [6, 6.07) is 5.96. The Hall–Kier alpha value is -1.13. The quantitative estimate of drug-likeness (QED) is 0.790. The zero-order valence-corrected chi connectivity index (χ0v) is 8.97. The van der Waals surface area contributed by atoms with Crippen LogP contribution in [0, 0.1) is 0 Å². The Morgan fingerprint density at radius 1 is 1.36 bits per heavy atom. The smallest absolute Gasteiger partial charge is 0.316 e. The van der Waals surface area contributed by atoms with Crippen LogP contribution in [0.5, 0.6) is 6.01 Å². The van der Waals surface area contributed by atoms with Crippen LogP contribution >= 0.6 is 22.9 Å². The topological polar surface area (TPSA) is 35.0 Å². The third-order valence-electron chi connectivity index (χ3n) is 1.64. The van der Waals surface area contributed by atoms with Crippen molar-refractivity contribution >= 4 is 22.9 Å². The van der Waals surface area contributed by atoms with E-state index >= 15 is 0 Å². The van der Waals surface area contributed by atoms with E-state index in [9.17, 15) is 0 Å². The molecule has 2 aromatic rings. The lowest BCUT2D eigenvalue weighted by Crippen LogP contribution is -1.91. The highest BCUT2D eigenvalue weighted by Crippen LogP contribution is 2.29. The molecule has 5 heteroatoms. The number of thiophene rings is 1. The summed E-state index contributed by atoms with van der Waals surface area (Å²) in [6.45, 7) is 0. The molecule has 2 aromatic heterocycles. The summed E-state index contributed by atoms with van der Waals surface area (Å²) in [4.78, 5) is 9.13. The van der Waals surface area contributed by atoms with E-state index in [1.807, 2.05) is 18.2 Å². The van der Waals surface area contributed by atoms with Gasteiger partial charge in [-0.05, 0) is 18.2 Å². The molecule has 0 amide bonds. The molecule has 2 heterocycles. The molecule has 14 heavy (non-hydrogen) atoms. The van der Waals surface area contributed by atoms with Crippen molar-refractivity contribution in [3.8, 4) is 16.6 Å². The predicted molar refractivity (Wildman–Crippen MR) is 56.9 cm³/mol. The molecular weight excluding hydrogens is 220 g/mol. The van der Waals surface area contributed by atoms with Crippen molar-refractivity contribution in [2.24, 2.45) is 0 Å². The summed E-state index contributed by atoms with van der Waals surface area (Å²) < 4.78 is 5.68. The molecule has 0 saturated heterocycles. The molecule has 0 aliphatic carbocycles. The molecule has 0 atom stereocenters. The third-order valence-corrected chi connectivity index (χ3v) is 2.90. The van der Waals surface area contributed by atoms with Gasteiger partial charge in [0, 0.05) is 6.20 Å². The highest BCUT2D eigenvalue weighted by Gasteiger charge is 2.04. The largest absolute Gasteiger partial charge is 0.467 e. The maximum atomic E-state index is 5.83. The SMILES string of the molecule is COc1nccc(-c2ccc(Cl)s2)n1. The van der Waals surface area contributed by atoms with Crippen LogP contribution in [-0.2, 0) is 0 Å². The highest BCUT2D eigenvalue weighted by atomic mass is 35.5. The average Bonchev–Trinajstić information content (AvgIpc) is 2.65. The number of rotatable bonds is 2. The van der Waals surface area contributed by atoms with Gasteiger partial charge in [-0.25, -0.2) is 4.98 Å². The second-order valence-corrected chi connectivity index (χ2v) is 4.25. The molecule has 0 fully saturated rings. The van der Waals surface area contributed by atoms with Gasteiger partial charge in [-0.1, -0.05) is 11.6 Å². The summed E-state index contributed by atoms with van der Waals surface area (Å²) >= 11 is 7.31. The van der Waals surface area contributed by atoms with Gasteiger partial charge < -0.3 is 4.74 Å². The van der Waals surface area contributed by atoms with Gasteiger partial charge in [-0.15, -0.1) is 11.3 Å². The first-order valence-corrected chi connectivity index (χ1v) is 5.12. The van der Waals surface area contributed by atoms with Crippen molar-refractivity contribution in [2.45, 2.75) is 0 Å². The molecule has 0 aromatic carbocycles. The second-order valence-electron chi connectivity index (χ2n) is 2.53. The lowest BCUT2D eigenvalue weighted by Gasteiger charge is -1.98. The number of methoxy groups -OCH3 is 1. The number of nitrogens with zero attached hydrogens (tertiary/aromatic N) is 2. The lowest BCUT2D eigenvalue weighted by atomic mass is 10.3. The van der Waals surface area contributed by atoms with Crippen molar-refractivity contribution in [3.63, 3.8) is 0 Å². The van der Waals surface area contributed by atoms with E-state index in [0.717, 1.165) is 14.9 Å². The summed E-state index contributed by atoms with van der Waals surface area (Å²) in [5, 5.41) is 0. The van der Waals surface area contributed by atoms with Gasteiger partial charge in [0.05, 0.1) is 22.0 Å². The first-order valence-electron chi connectivity index (χ1n) is 3.92. The summed E-state index contributed by atoms with van der Waals surface area (Å²) in [7, 11) is 1.54. The average molecular weight is 227 g/mol. The number of hydrogen-bond acceptors (Lipinski definition) is 4. The molecule has 0 aliphatic rings. The standard InChI is InChI=1S/C9H7ClN2OS/c1-13-9-11-5-4-6(12-9)7-2-3-8(10)14-7/h2-5H,1H3. The van der Waals surface area contributed by atoms with Gasteiger partial charge >= 0.3 is 6.01 Å². The van der Waals surface area contributed by atoms with Gasteiger partial charge in [-0.2, -0.15) is 4.98 Å². The number of hydrogen-bond donors (Lipinski definition) is 0. The molecule has 72 valence electrons. The summed E-state index contributed by atoms with van der Waals surface area (Å²) in [6.07, 6.45) is 1.66. The highest BCUT2D eigenvalue weighted by molar-refractivity contribution is 7.19. The molecule has 3 nitrogen and oxygen atoms in total. The van der Waals surface area contributed by atoms with Crippen LogP contribution in [0.2, 0.25) is 4.34 Å². The monoisotopic (exact) mass is 226 g/mol. The van der Waals surface area contributed by atoms with Crippen LogP contribution in [0.3, 0.4) is 0 Å². The number of ether oxygens (including phenoxy) is 1. The molecular formula is C9H7ClN2OS. The summed E-state index contributed by atoms with van der Waals surface area (Å²) in [5.74, 6) is 0. The van der Waals surface area contributed by atoms with Crippen LogP contribution in [0.1, 0.15) is 0 Å². The van der Waals surface area contributed by atoms with E-state index in [2.05, 4.69) is 9.97 Å². The molecule has 0 radical (unpaired) electrons. The van der Waals surface area contributed by atoms with Gasteiger partial charge in [0.25, 0.3) is 0 Å². The Bertz CT molecular complexity index is 444. The molecule has 0 spiro atoms. The van der Waals surface area contributed by atoms with Crippen LogP contribution in [0.25, 0.3) is 10.6 Å². The fourth-order valence-electron chi connectivity index (χ4n) is 1.03. The number of aromatic nitrogens is 2. The van der Waals surface area contributed by atoms with Crippen LogP contribution in [-0.4, -0.2) is 17.1 Å². The van der Waals surface area contributed by atoms with E-state index in [1.165, 1.54) is 11.3 Å². The normalized spacial score (nSPS) is 10.1. The molecule has 0 aliphatic heterocycles. The number of halogens is 1. The van der Waals surface area contributed by atoms with Gasteiger partial charge in [-0.3, -0.25) is 0 Å². The van der Waals surface area contributed by atoms with Crippen molar-refractivity contribution in [3.05, 3.63) is 28.7 Å². The van der Waals surface area contributed by atoms with Crippen LogP contribution in [0.4, 0.5) is 0 Å². The summed E-state index contributed by atoms with van der Waals surface area (Å²) in [5.41, 5.74) is 0.828. The minimum atomic E-state index is 0.368. The van der Waals surface area contributed by atoms with Crippen molar-refractivity contribution in [2.75, 3.05) is 7.11 Å². The Morgan fingerprint density at radius 2 is 2.21 bits per heavy atom. The maximum Gasteiger partial charge on any atom is 0.316 e. The fraction of sp³-hybridized carbons (Fsp3) is 0.111. The minimum absolute atomic E-state index is 0.368. The molecule has 0 unspecified atom stereocenters. The lowest BCUT2D eigenvalue weighted by molar-refractivity contribution is 0.380. The maximum absolute atomic E-state index is 5.83. The van der Waals surface area contributed by atoms with Gasteiger partial charge in [0.15, 0.2) is 0 Å². The Labute approximate surface area is 90.3 Å². The van der Waals surface area contributed by atoms with Crippen molar-refractivity contribution in [1.29, 1.82) is 0 Å². The molecule has 0 bridgehead atoms. The zero-order chi connectivity index (χ0) is 9.97. The molecule has 0 N–H and O–H groups in total. The first-order chi connectivity index (χ1) is 6.79. The van der Waals surface area contributed by atoms with Crippen molar-refractivity contribution in [1.82, 2.24) is 9.97 Å². The van der Waals surface area contributed by atoms with E-state index < -0.39 is 0 Å². The van der Waals surface area contributed by atoms with Crippen LogP contribution in [0.15, 0.2) is 24.4 Å². The second kappa shape index (κ2) is 3.94. The predicted octanol–water partition coefficient (Wildman–Crippen LogP) is 2.87. The van der Waals surface area contributed by atoms with E-state index in [1.54, 1.807) is 13.3 Å². The van der Waals surface area contributed by atoms with Gasteiger partial charge in [0.2, 0.25) is 0 Å². The fourth-order valence-corrected chi connectivity index (χ4v) is 2.04. The van der Waals surface area contributed by atoms with Crippen molar-refractivity contribution < 1.29 is 4.74 Å². The zero-order valence-electron chi connectivity index (χ0n) is 7.40. The van der Waals surface area contributed by atoms with Gasteiger partial charge in [0.1, 0.15) is 0 Å². The Balaban J connectivity index is 2.41. The van der Waals surface area contributed by atoms with Crippen LogP contribution < -0.4 is 4.74 Å². The first kappa shape index (κ1) is 9.43. The van der Waals surface area contributed by atoms with E-state index in [0.29, 0.717) is 6.01 Å². The Morgan fingerprint density at radius 3 is 2.86 bits per heavy atom. The van der Waals surface area contributed by atoms with E-state index in [-0.39, 0.29) is 0 Å². The van der Waals surface area contributed by atoms with E-state index in [4.69, 9.17) is 16.3 Å². The molecule has 2 rings (SSSR count). The minimum Gasteiger partial charge on any atom is -0.467 e. The third kappa shape index (κ3) is 1.86.